The molecule has 5 nitrogen and oxygen atoms in total. The Hall–Kier alpha value is -2.50. The summed E-state index contributed by atoms with van der Waals surface area (Å²) in [7, 11) is 0. The Morgan fingerprint density at radius 3 is 2.57 bits per heavy atom. The topological polar surface area (TPSA) is 84.2 Å². The van der Waals surface area contributed by atoms with Crippen LogP contribution in [0.1, 0.15) is 30.4 Å². The summed E-state index contributed by atoms with van der Waals surface area (Å²) >= 11 is 12.4. The molecule has 144 valence electrons. The highest BCUT2D eigenvalue weighted by molar-refractivity contribution is 6.31. The Morgan fingerprint density at radius 1 is 1.18 bits per heavy atom. The maximum absolute atomic E-state index is 13.5. The minimum Gasteiger partial charge on any atom is -0.398 e. The van der Waals surface area contributed by atoms with Crippen LogP contribution in [0.2, 0.25) is 10.0 Å². The SMILES string of the molecule is C=C(C)[C@H]1NC(=O)C[C@@H](c2cc(Cl)ccc2N)[C@]12C(=O)Nc1cc(Cl)ccc12. The molecular weight excluding hydrogens is 397 g/mol. The predicted octanol–water partition coefficient (Wildman–Crippen LogP) is 4.01. The van der Waals surface area contributed by atoms with E-state index in [9.17, 15) is 9.59 Å². The van der Waals surface area contributed by atoms with Crippen LogP contribution in [0.15, 0.2) is 48.6 Å². The molecule has 2 aliphatic heterocycles. The van der Waals surface area contributed by atoms with Crippen LogP contribution in [0, 0.1) is 0 Å². The standard InChI is InChI=1S/C21H19Cl2N3O2/c1-10(2)19-21(14-5-3-12(23)8-17(14)25-20(21)28)15(9-18(27)26-19)13-7-11(22)4-6-16(13)24/h3-8,15,19H,1,9,24H2,2H3,(H,25,28)(H,26,27)/t15-,19+,21-/m0/s1. The first-order valence-corrected chi connectivity index (χ1v) is 9.62. The Balaban J connectivity index is 2.04. The smallest absolute Gasteiger partial charge is 0.238 e. The summed E-state index contributed by atoms with van der Waals surface area (Å²) in [6.07, 6.45) is 0.101. The van der Waals surface area contributed by atoms with Crippen molar-refractivity contribution in [2.75, 3.05) is 11.1 Å². The fourth-order valence-corrected chi connectivity index (χ4v) is 4.91. The Kier molecular flexibility index (Phi) is 4.40. The van der Waals surface area contributed by atoms with Crippen molar-refractivity contribution in [3.05, 3.63) is 69.7 Å². The van der Waals surface area contributed by atoms with Gasteiger partial charge in [0.05, 0.1) is 6.04 Å². The highest BCUT2D eigenvalue weighted by atomic mass is 35.5. The zero-order valence-electron chi connectivity index (χ0n) is 15.2. The third kappa shape index (κ3) is 2.61. The van der Waals surface area contributed by atoms with Crippen LogP contribution in [0.25, 0.3) is 0 Å². The van der Waals surface area contributed by atoms with E-state index in [1.54, 1.807) is 37.3 Å². The molecule has 0 saturated carbocycles. The zero-order valence-corrected chi connectivity index (χ0v) is 16.7. The average molecular weight is 416 g/mol. The molecule has 4 rings (SSSR count). The largest absolute Gasteiger partial charge is 0.398 e. The highest BCUT2D eigenvalue weighted by Gasteiger charge is 2.61. The molecule has 0 radical (unpaired) electrons. The summed E-state index contributed by atoms with van der Waals surface area (Å²) < 4.78 is 0. The van der Waals surface area contributed by atoms with Gasteiger partial charge in [-0.3, -0.25) is 9.59 Å². The van der Waals surface area contributed by atoms with Crippen LogP contribution < -0.4 is 16.4 Å². The number of halogens is 2. The summed E-state index contributed by atoms with van der Waals surface area (Å²) in [5, 5.41) is 6.91. The van der Waals surface area contributed by atoms with Crippen molar-refractivity contribution >= 4 is 46.4 Å². The molecule has 0 aliphatic carbocycles. The summed E-state index contributed by atoms with van der Waals surface area (Å²) in [5.41, 5.74) is 8.39. The fraction of sp³-hybridized carbons (Fsp3) is 0.238. The molecule has 4 N–H and O–H groups in total. The van der Waals surface area contributed by atoms with E-state index in [-0.39, 0.29) is 18.2 Å². The number of nitrogens with one attached hydrogen (secondary N) is 2. The van der Waals surface area contributed by atoms with Gasteiger partial charge in [0.25, 0.3) is 0 Å². The molecule has 2 aromatic carbocycles. The number of hydrogen-bond donors (Lipinski definition) is 3. The van der Waals surface area contributed by atoms with E-state index < -0.39 is 17.4 Å². The first-order chi connectivity index (χ1) is 13.2. The normalized spacial score (nSPS) is 26.0. The molecule has 1 saturated heterocycles. The van der Waals surface area contributed by atoms with Crippen molar-refractivity contribution in [2.24, 2.45) is 0 Å². The third-order valence-electron chi connectivity index (χ3n) is 5.67. The van der Waals surface area contributed by atoms with Crippen molar-refractivity contribution in [1.82, 2.24) is 5.32 Å². The van der Waals surface area contributed by atoms with Crippen molar-refractivity contribution in [3.8, 4) is 0 Å². The van der Waals surface area contributed by atoms with Crippen LogP contribution in [0.3, 0.4) is 0 Å². The number of piperidine rings is 1. The molecule has 7 heteroatoms. The van der Waals surface area contributed by atoms with E-state index in [1.807, 2.05) is 6.07 Å². The van der Waals surface area contributed by atoms with Gasteiger partial charge in [-0.05, 0) is 48.4 Å². The quantitative estimate of drug-likeness (QED) is 0.511. The average Bonchev–Trinajstić information content (AvgIpc) is 2.90. The van der Waals surface area contributed by atoms with Gasteiger partial charge in [-0.25, -0.2) is 0 Å². The van der Waals surface area contributed by atoms with Crippen molar-refractivity contribution in [3.63, 3.8) is 0 Å². The van der Waals surface area contributed by atoms with Gasteiger partial charge < -0.3 is 16.4 Å². The number of nitrogen functional groups attached to an aromatic ring is 1. The first-order valence-electron chi connectivity index (χ1n) is 8.86. The number of anilines is 2. The second kappa shape index (κ2) is 6.54. The van der Waals surface area contributed by atoms with Crippen molar-refractivity contribution in [1.29, 1.82) is 0 Å². The lowest BCUT2D eigenvalue weighted by Crippen LogP contribution is -2.62. The number of fused-ring (bicyclic) bond motifs is 2. The maximum atomic E-state index is 13.5. The Labute approximate surface area is 172 Å². The minimum atomic E-state index is -1.10. The zero-order chi connectivity index (χ0) is 20.2. The van der Waals surface area contributed by atoms with E-state index in [1.165, 1.54) is 0 Å². The molecule has 0 bridgehead atoms. The Morgan fingerprint density at radius 2 is 1.86 bits per heavy atom. The van der Waals surface area contributed by atoms with E-state index in [0.29, 0.717) is 32.6 Å². The molecule has 1 fully saturated rings. The Bertz CT molecular complexity index is 1040. The van der Waals surface area contributed by atoms with E-state index in [0.717, 1.165) is 5.56 Å². The number of nitrogens with two attached hydrogens (primary N) is 1. The summed E-state index contributed by atoms with van der Waals surface area (Å²) in [4.78, 5) is 26.1. The maximum Gasteiger partial charge on any atom is 0.238 e. The molecule has 2 heterocycles. The number of carbonyl (C=O) groups excluding carboxylic acids is 2. The van der Waals surface area contributed by atoms with Gasteiger partial charge in [0.15, 0.2) is 0 Å². The van der Waals surface area contributed by atoms with Gasteiger partial charge >= 0.3 is 0 Å². The van der Waals surface area contributed by atoms with Crippen LogP contribution in [-0.2, 0) is 15.0 Å². The number of hydrogen-bond acceptors (Lipinski definition) is 3. The molecule has 2 amide bonds. The second-order valence-electron chi connectivity index (χ2n) is 7.39. The predicted molar refractivity (Wildman–Crippen MR) is 112 cm³/mol. The molecule has 1 spiro atoms. The van der Waals surface area contributed by atoms with E-state index >= 15 is 0 Å². The van der Waals surface area contributed by atoms with Crippen LogP contribution in [0.4, 0.5) is 11.4 Å². The van der Waals surface area contributed by atoms with Crippen molar-refractivity contribution in [2.45, 2.75) is 30.7 Å². The van der Waals surface area contributed by atoms with Crippen molar-refractivity contribution < 1.29 is 9.59 Å². The van der Waals surface area contributed by atoms with Gasteiger partial charge in [0.1, 0.15) is 5.41 Å². The second-order valence-corrected chi connectivity index (χ2v) is 8.26. The van der Waals surface area contributed by atoms with Crippen LogP contribution in [0.5, 0.6) is 0 Å². The van der Waals surface area contributed by atoms with Gasteiger partial charge in [0, 0.05) is 33.8 Å². The third-order valence-corrected chi connectivity index (χ3v) is 6.14. The number of rotatable bonds is 2. The molecule has 2 aliphatic rings. The minimum absolute atomic E-state index is 0.101. The van der Waals surface area contributed by atoms with E-state index in [4.69, 9.17) is 28.9 Å². The van der Waals surface area contributed by atoms with Crippen LogP contribution >= 0.6 is 23.2 Å². The van der Waals surface area contributed by atoms with E-state index in [2.05, 4.69) is 17.2 Å². The van der Waals surface area contributed by atoms with Gasteiger partial charge in [-0.15, -0.1) is 0 Å². The molecule has 28 heavy (non-hydrogen) atoms. The molecule has 0 aromatic heterocycles. The lowest BCUT2D eigenvalue weighted by molar-refractivity contribution is -0.130. The highest BCUT2D eigenvalue weighted by Crippen LogP contribution is 2.55. The van der Waals surface area contributed by atoms with Gasteiger partial charge in [0.2, 0.25) is 11.8 Å². The summed E-state index contributed by atoms with van der Waals surface area (Å²) in [5.74, 6) is -0.899. The summed E-state index contributed by atoms with van der Waals surface area (Å²) in [6.45, 7) is 5.85. The lowest BCUT2D eigenvalue weighted by Gasteiger charge is -2.46. The fourth-order valence-electron chi connectivity index (χ4n) is 4.56. The number of amides is 2. The van der Waals surface area contributed by atoms with Crippen LogP contribution in [-0.4, -0.2) is 17.9 Å². The molecule has 3 atom stereocenters. The van der Waals surface area contributed by atoms with Gasteiger partial charge in [-0.1, -0.05) is 41.4 Å². The molecule has 2 aromatic rings. The first kappa shape index (κ1) is 18.8. The monoisotopic (exact) mass is 415 g/mol. The number of carbonyl (C=O) groups is 2. The summed E-state index contributed by atoms with van der Waals surface area (Å²) in [6, 6.07) is 9.81. The van der Waals surface area contributed by atoms with Gasteiger partial charge in [-0.2, -0.15) is 0 Å². The molecular formula is C21H19Cl2N3O2. The lowest BCUT2D eigenvalue weighted by atomic mass is 9.59. The number of benzene rings is 2. The molecule has 0 unspecified atom stereocenters.